The second kappa shape index (κ2) is 10.7. The summed E-state index contributed by atoms with van der Waals surface area (Å²) in [7, 11) is 0. The molecular formula is C49H35N. The van der Waals surface area contributed by atoms with Crippen molar-refractivity contribution in [1.29, 1.82) is 0 Å². The van der Waals surface area contributed by atoms with Crippen LogP contribution in [0.4, 0.5) is 0 Å². The third-order valence-electron chi connectivity index (χ3n) is 11.5. The first kappa shape index (κ1) is 28.9. The summed E-state index contributed by atoms with van der Waals surface area (Å²) < 4.78 is 0. The van der Waals surface area contributed by atoms with E-state index in [1.165, 1.54) is 88.7 Å². The van der Waals surface area contributed by atoms with Crippen molar-refractivity contribution in [3.8, 4) is 44.5 Å². The molecule has 2 aliphatic rings. The van der Waals surface area contributed by atoms with E-state index in [1.54, 1.807) is 0 Å². The number of rotatable bonds is 3. The molecule has 1 heterocycles. The second-order valence-corrected chi connectivity index (χ2v) is 14.3. The van der Waals surface area contributed by atoms with Crippen LogP contribution in [0.1, 0.15) is 47.2 Å². The lowest BCUT2D eigenvalue weighted by Gasteiger charge is -2.47. The second-order valence-electron chi connectivity index (χ2n) is 14.3. The molecule has 0 saturated heterocycles. The Hall–Kier alpha value is -6.05. The third kappa shape index (κ3) is 3.92. The van der Waals surface area contributed by atoms with Gasteiger partial charge in [0.1, 0.15) is 0 Å². The number of hydrogen-bond donors (Lipinski definition) is 0. The Bertz CT molecular complexity index is 2570. The molecule has 1 nitrogen and oxygen atoms in total. The topological polar surface area (TPSA) is 12.9 Å². The molecule has 0 amide bonds. The number of fused-ring (bicyclic) bond motifs is 10. The highest BCUT2D eigenvalue weighted by molar-refractivity contribution is 5.97. The van der Waals surface area contributed by atoms with Crippen LogP contribution in [0.2, 0.25) is 0 Å². The van der Waals surface area contributed by atoms with Crippen molar-refractivity contribution < 1.29 is 0 Å². The number of hydrogen-bond acceptors (Lipinski definition) is 1. The van der Waals surface area contributed by atoms with Gasteiger partial charge in [0.15, 0.2) is 0 Å². The van der Waals surface area contributed by atoms with Crippen LogP contribution in [0, 0.1) is 0 Å². The van der Waals surface area contributed by atoms with Crippen molar-refractivity contribution in [3.63, 3.8) is 0 Å². The van der Waals surface area contributed by atoms with E-state index in [9.17, 15) is 0 Å². The molecule has 0 N–H and O–H groups in total. The van der Waals surface area contributed by atoms with Crippen molar-refractivity contribution >= 4 is 10.8 Å². The molecule has 1 aromatic heterocycles. The van der Waals surface area contributed by atoms with E-state index in [4.69, 9.17) is 0 Å². The zero-order valence-corrected chi connectivity index (χ0v) is 28.2. The molecule has 10 rings (SSSR count). The number of nitrogens with zero attached hydrogens (tertiary/aromatic N) is 1. The van der Waals surface area contributed by atoms with Crippen molar-refractivity contribution in [2.45, 2.75) is 24.7 Å². The molecule has 2 aliphatic carbocycles. The summed E-state index contributed by atoms with van der Waals surface area (Å²) in [6, 6.07) is 61.1. The van der Waals surface area contributed by atoms with Gasteiger partial charge in [0.2, 0.25) is 0 Å². The average Bonchev–Trinajstić information content (AvgIpc) is 3.48. The van der Waals surface area contributed by atoms with Gasteiger partial charge in [-0.1, -0.05) is 166 Å². The largest absolute Gasteiger partial charge is 0.264 e. The van der Waals surface area contributed by atoms with Crippen LogP contribution in [0.5, 0.6) is 0 Å². The summed E-state index contributed by atoms with van der Waals surface area (Å²) in [6.07, 6.45) is 3.83. The molecule has 0 bridgehead atoms. The Balaban J connectivity index is 1.18. The fourth-order valence-corrected chi connectivity index (χ4v) is 9.21. The quantitative estimate of drug-likeness (QED) is 0.188. The molecule has 8 aromatic rings. The minimum absolute atomic E-state index is 0.158. The van der Waals surface area contributed by atoms with Gasteiger partial charge in [0.05, 0.1) is 5.41 Å². The van der Waals surface area contributed by atoms with Gasteiger partial charge in [-0.3, -0.25) is 4.98 Å². The van der Waals surface area contributed by atoms with Gasteiger partial charge in [-0.25, -0.2) is 0 Å². The maximum atomic E-state index is 4.41. The Labute approximate surface area is 293 Å². The van der Waals surface area contributed by atoms with E-state index in [0.717, 1.165) is 0 Å². The molecule has 50 heavy (non-hydrogen) atoms. The summed E-state index contributed by atoms with van der Waals surface area (Å²) in [5.74, 6) is 0. The van der Waals surface area contributed by atoms with Gasteiger partial charge in [-0.15, -0.1) is 0 Å². The molecule has 0 fully saturated rings. The Morgan fingerprint density at radius 1 is 0.380 bits per heavy atom. The molecule has 0 saturated carbocycles. The van der Waals surface area contributed by atoms with Gasteiger partial charge < -0.3 is 0 Å². The van der Waals surface area contributed by atoms with Crippen molar-refractivity contribution in [2.24, 2.45) is 0 Å². The van der Waals surface area contributed by atoms with E-state index in [1.807, 2.05) is 12.4 Å². The van der Waals surface area contributed by atoms with Crippen molar-refractivity contribution in [2.75, 3.05) is 0 Å². The fraction of sp³-hybridized carbons (Fsp3) is 0.0816. The summed E-state index contributed by atoms with van der Waals surface area (Å²) in [4.78, 5) is 4.41. The van der Waals surface area contributed by atoms with Gasteiger partial charge in [0.25, 0.3) is 0 Å². The molecule has 1 spiro atoms. The Morgan fingerprint density at radius 3 is 1.56 bits per heavy atom. The standard InChI is InChI=1S/C49H35N/c1-48(2)44-20-9-10-21-46(44)49(42-18-7-5-15-39(42)40-16-6-8-19-43(40)49)47-30-35(26-27-45(47)48)38-14-4-3-13-36(38)33-22-24-34(25-23-33)37-17-11-12-32-28-29-50-31-41(32)37/h3-31H,1-2H3. The van der Waals surface area contributed by atoms with Crippen LogP contribution >= 0.6 is 0 Å². The summed E-state index contributed by atoms with van der Waals surface area (Å²) in [6.45, 7) is 4.79. The predicted octanol–water partition coefficient (Wildman–Crippen LogP) is 12.2. The Kier molecular flexibility index (Phi) is 6.20. The molecular weight excluding hydrogens is 603 g/mol. The average molecular weight is 638 g/mol. The van der Waals surface area contributed by atoms with Gasteiger partial charge in [-0.2, -0.15) is 0 Å². The zero-order chi connectivity index (χ0) is 33.5. The van der Waals surface area contributed by atoms with E-state index in [2.05, 4.69) is 183 Å². The molecule has 1 heteroatoms. The van der Waals surface area contributed by atoms with E-state index in [0.29, 0.717) is 0 Å². The van der Waals surface area contributed by atoms with E-state index in [-0.39, 0.29) is 5.41 Å². The maximum Gasteiger partial charge on any atom is 0.0719 e. The predicted molar refractivity (Wildman–Crippen MR) is 207 cm³/mol. The number of pyridine rings is 1. The normalized spacial score (nSPS) is 14.5. The molecule has 7 aromatic carbocycles. The van der Waals surface area contributed by atoms with E-state index < -0.39 is 5.41 Å². The van der Waals surface area contributed by atoms with Crippen LogP contribution < -0.4 is 0 Å². The molecule has 0 unspecified atom stereocenters. The number of benzene rings is 7. The molecule has 0 atom stereocenters. The van der Waals surface area contributed by atoms with Crippen LogP contribution in [0.3, 0.4) is 0 Å². The highest BCUT2D eigenvalue weighted by atomic mass is 14.6. The van der Waals surface area contributed by atoms with Crippen molar-refractivity contribution in [3.05, 3.63) is 210 Å². The highest BCUT2D eigenvalue weighted by Crippen LogP contribution is 2.62. The van der Waals surface area contributed by atoms with Gasteiger partial charge in [0, 0.05) is 23.2 Å². The first-order chi connectivity index (χ1) is 24.6. The lowest BCUT2D eigenvalue weighted by molar-refractivity contribution is 0.563. The smallest absolute Gasteiger partial charge is 0.0719 e. The van der Waals surface area contributed by atoms with E-state index >= 15 is 0 Å². The van der Waals surface area contributed by atoms with Gasteiger partial charge >= 0.3 is 0 Å². The van der Waals surface area contributed by atoms with Gasteiger partial charge in [-0.05, 0) is 95.4 Å². The third-order valence-corrected chi connectivity index (χ3v) is 11.5. The first-order valence-electron chi connectivity index (χ1n) is 17.5. The lowest BCUT2D eigenvalue weighted by Crippen LogP contribution is -2.40. The lowest BCUT2D eigenvalue weighted by atomic mass is 9.55. The van der Waals surface area contributed by atoms with Crippen LogP contribution in [-0.4, -0.2) is 4.98 Å². The van der Waals surface area contributed by atoms with Crippen molar-refractivity contribution in [1.82, 2.24) is 4.98 Å². The molecule has 236 valence electrons. The number of aromatic nitrogens is 1. The summed E-state index contributed by atoms with van der Waals surface area (Å²) >= 11 is 0. The maximum absolute atomic E-state index is 4.41. The minimum atomic E-state index is -0.408. The molecule has 0 aliphatic heterocycles. The van der Waals surface area contributed by atoms with Crippen LogP contribution in [0.15, 0.2) is 176 Å². The summed E-state index contributed by atoms with van der Waals surface area (Å²) in [5.41, 5.74) is 17.7. The SMILES string of the molecule is CC1(C)c2ccccc2C2(c3ccccc3-c3ccccc32)c2cc(-c3ccccc3-c3ccc(-c4cccc5ccncc45)cc3)ccc21. The molecule has 0 radical (unpaired) electrons. The Morgan fingerprint density at radius 2 is 0.880 bits per heavy atom. The van der Waals surface area contributed by atoms with Crippen LogP contribution in [0.25, 0.3) is 55.3 Å². The van der Waals surface area contributed by atoms with Crippen LogP contribution in [-0.2, 0) is 10.8 Å². The zero-order valence-electron chi connectivity index (χ0n) is 28.2. The summed E-state index contributed by atoms with van der Waals surface area (Å²) in [5, 5.41) is 2.38. The fourth-order valence-electron chi connectivity index (χ4n) is 9.21. The highest BCUT2D eigenvalue weighted by Gasteiger charge is 2.53. The first-order valence-corrected chi connectivity index (χ1v) is 17.5. The monoisotopic (exact) mass is 637 g/mol. The minimum Gasteiger partial charge on any atom is -0.264 e.